The van der Waals surface area contributed by atoms with Gasteiger partial charge < -0.3 is 10.1 Å². The van der Waals surface area contributed by atoms with Crippen molar-refractivity contribution in [2.75, 3.05) is 26.0 Å². The highest BCUT2D eigenvalue weighted by Gasteiger charge is 2.24. The van der Waals surface area contributed by atoms with Crippen molar-refractivity contribution in [3.63, 3.8) is 0 Å². The van der Waals surface area contributed by atoms with E-state index in [4.69, 9.17) is 4.74 Å². The van der Waals surface area contributed by atoms with E-state index >= 15 is 0 Å². The summed E-state index contributed by atoms with van der Waals surface area (Å²) in [6.07, 6.45) is 0. The molecule has 1 amide bonds. The number of amides is 1. The quantitative estimate of drug-likeness (QED) is 0.485. The number of carbonyl (C=O) groups excluding carboxylic acids is 1. The van der Waals surface area contributed by atoms with Crippen molar-refractivity contribution >= 4 is 33.0 Å². The van der Waals surface area contributed by atoms with Gasteiger partial charge in [0.25, 0.3) is 17.3 Å². The second-order valence-corrected chi connectivity index (χ2v) is 8.21. The molecule has 0 spiro atoms. The molecule has 0 bridgehead atoms. The van der Waals surface area contributed by atoms with Crippen LogP contribution in [0.3, 0.4) is 0 Å². The zero-order valence-electron chi connectivity index (χ0n) is 16.2. The number of ether oxygens (including phenoxy) is 1. The summed E-state index contributed by atoms with van der Waals surface area (Å²) in [7, 11) is -1.25. The molecule has 0 atom stereocenters. The molecule has 0 unspecified atom stereocenters. The first-order valence-corrected chi connectivity index (χ1v) is 9.86. The fourth-order valence-corrected chi connectivity index (χ4v) is 3.45. The third kappa shape index (κ3) is 4.87. The number of nitro benzene ring substituents is 2. The number of nitro groups is 2. The Hall–Kier alpha value is -3.58. The van der Waals surface area contributed by atoms with Crippen LogP contribution in [-0.4, -0.2) is 49.2 Å². The highest BCUT2D eigenvalue weighted by atomic mass is 32.2. The molecule has 0 fully saturated rings. The predicted octanol–water partition coefficient (Wildman–Crippen LogP) is 2.40. The van der Waals surface area contributed by atoms with Gasteiger partial charge in [-0.1, -0.05) is 0 Å². The lowest BCUT2D eigenvalue weighted by Gasteiger charge is -2.16. The monoisotopic (exact) mass is 438 g/mol. The highest BCUT2D eigenvalue weighted by molar-refractivity contribution is 7.89. The van der Waals surface area contributed by atoms with Crippen molar-refractivity contribution in [2.45, 2.75) is 11.8 Å². The first-order valence-electron chi connectivity index (χ1n) is 8.42. The Morgan fingerprint density at radius 2 is 1.63 bits per heavy atom. The Morgan fingerprint density at radius 1 is 1.07 bits per heavy atom. The maximum Gasteiger partial charge on any atom is 0.277 e. The van der Waals surface area contributed by atoms with Crippen LogP contribution in [0, 0.1) is 20.2 Å². The summed E-state index contributed by atoms with van der Waals surface area (Å²) in [5.41, 5.74) is -1.53. The van der Waals surface area contributed by atoms with Crippen molar-refractivity contribution in [1.82, 2.24) is 4.31 Å². The number of hydrogen-bond acceptors (Lipinski definition) is 8. The summed E-state index contributed by atoms with van der Waals surface area (Å²) in [4.78, 5) is 32.6. The number of rotatable bonds is 8. The Balaban J connectivity index is 2.47. The molecule has 0 aliphatic carbocycles. The van der Waals surface area contributed by atoms with E-state index in [9.17, 15) is 33.4 Å². The zero-order valence-corrected chi connectivity index (χ0v) is 17.0. The van der Waals surface area contributed by atoms with E-state index in [1.165, 1.54) is 32.3 Å². The standard InChI is InChI=1S/C17H18N4O8S/c1-4-29-15-6-5-12(9-16(15)30(27,28)19(2)3)18-17(22)11-7-13(20(23)24)10-14(8-11)21(25)26/h5-10H,4H2,1-3H3,(H,18,22). The van der Waals surface area contributed by atoms with Crippen LogP contribution in [0.2, 0.25) is 0 Å². The molecule has 0 saturated carbocycles. The fraction of sp³-hybridized carbons (Fsp3) is 0.235. The minimum atomic E-state index is -3.91. The van der Waals surface area contributed by atoms with E-state index in [0.717, 1.165) is 22.5 Å². The van der Waals surface area contributed by atoms with Crippen LogP contribution in [0.25, 0.3) is 0 Å². The number of sulfonamides is 1. The summed E-state index contributed by atoms with van der Waals surface area (Å²) in [5, 5.41) is 24.4. The maximum atomic E-state index is 12.6. The average Bonchev–Trinajstić information content (AvgIpc) is 2.68. The molecule has 0 aromatic heterocycles. The second-order valence-electron chi connectivity index (χ2n) is 6.09. The second kappa shape index (κ2) is 8.84. The van der Waals surface area contributed by atoms with Gasteiger partial charge in [-0.15, -0.1) is 0 Å². The van der Waals surface area contributed by atoms with Gasteiger partial charge in [-0.2, -0.15) is 0 Å². The number of anilines is 1. The van der Waals surface area contributed by atoms with Gasteiger partial charge in [0, 0.05) is 31.9 Å². The number of nitrogens with zero attached hydrogens (tertiary/aromatic N) is 3. The third-order valence-corrected chi connectivity index (χ3v) is 5.68. The fourth-order valence-electron chi connectivity index (χ4n) is 2.40. The van der Waals surface area contributed by atoms with E-state index in [2.05, 4.69) is 5.32 Å². The highest BCUT2D eigenvalue weighted by Crippen LogP contribution is 2.30. The van der Waals surface area contributed by atoms with Crippen LogP contribution in [0.4, 0.5) is 17.1 Å². The van der Waals surface area contributed by atoms with Gasteiger partial charge in [-0.3, -0.25) is 25.0 Å². The predicted molar refractivity (Wildman–Crippen MR) is 106 cm³/mol. The Kier molecular flexibility index (Phi) is 6.69. The zero-order chi connectivity index (χ0) is 22.6. The first-order chi connectivity index (χ1) is 14.0. The Labute approximate surface area is 171 Å². The van der Waals surface area contributed by atoms with Crippen molar-refractivity contribution in [3.05, 3.63) is 62.2 Å². The third-order valence-electron chi connectivity index (χ3n) is 3.85. The molecule has 13 heteroatoms. The van der Waals surface area contributed by atoms with E-state index < -0.39 is 37.2 Å². The van der Waals surface area contributed by atoms with Gasteiger partial charge in [0.2, 0.25) is 10.0 Å². The molecule has 0 radical (unpaired) electrons. The summed E-state index contributed by atoms with van der Waals surface area (Å²) in [5.74, 6) is -0.811. The van der Waals surface area contributed by atoms with Gasteiger partial charge in [-0.25, -0.2) is 12.7 Å². The van der Waals surface area contributed by atoms with E-state index in [1.807, 2.05) is 0 Å². The molecule has 0 heterocycles. The van der Waals surface area contributed by atoms with Crippen LogP contribution < -0.4 is 10.1 Å². The van der Waals surface area contributed by atoms with Gasteiger partial charge in [0.15, 0.2) is 0 Å². The van der Waals surface area contributed by atoms with E-state index in [-0.39, 0.29) is 28.5 Å². The lowest BCUT2D eigenvalue weighted by atomic mass is 10.1. The lowest BCUT2D eigenvalue weighted by Crippen LogP contribution is -2.23. The van der Waals surface area contributed by atoms with Crippen LogP contribution in [0.5, 0.6) is 5.75 Å². The summed E-state index contributed by atoms with van der Waals surface area (Å²) in [6.45, 7) is 1.88. The van der Waals surface area contributed by atoms with E-state index in [1.54, 1.807) is 6.92 Å². The number of non-ortho nitro benzene ring substituents is 2. The molecular formula is C17H18N4O8S. The van der Waals surface area contributed by atoms with Crippen LogP contribution in [0.1, 0.15) is 17.3 Å². The van der Waals surface area contributed by atoms with Gasteiger partial charge in [0.1, 0.15) is 10.6 Å². The molecule has 2 rings (SSSR count). The molecular weight excluding hydrogens is 420 g/mol. The van der Waals surface area contributed by atoms with Crippen LogP contribution >= 0.6 is 0 Å². The number of carbonyl (C=O) groups is 1. The van der Waals surface area contributed by atoms with Crippen molar-refractivity contribution in [2.24, 2.45) is 0 Å². The number of nitrogens with one attached hydrogen (secondary N) is 1. The van der Waals surface area contributed by atoms with Crippen molar-refractivity contribution < 1.29 is 27.8 Å². The minimum Gasteiger partial charge on any atom is -0.492 e. The number of benzene rings is 2. The molecule has 12 nitrogen and oxygen atoms in total. The van der Waals surface area contributed by atoms with Gasteiger partial charge in [0.05, 0.1) is 28.1 Å². The normalized spacial score (nSPS) is 11.2. The molecule has 1 N–H and O–H groups in total. The Bertz CT molecular complexity index is 1080. The topological polar surface area (TPSA) is 162 Å². The van der Waals surface area contributed by atoms with Crippen molar-refractivity contribution in [3.8, 4) is 5.75 Å². The van der Waals surface area contributed by atoms with Gasteiger partial charge >= 0.3 is 0 Å². The van der Waals surface area contributed by atoms with E-state index in [0.29, 0.717) is 0 Å². The number of hydrogen-bond donors (Lipinski definition) is 1. The molecule has 2 aromatic carbocycles. The van der Waals surface area contributed by atoms with Crippen LogP contribution in [0.15, 0.2) is 41.3 Å². The van der Waals surface area contributed by atoms with Crippen LogP contribution in [-0.2, 0) is 10.0 Å². The molecule has 0 aliphatic heterocycles. The first kappa shape index (κ1) is 22.7. The molecule has 0 saturated heterocycles. The maximum absolute atomic E-state index is 12.6. The summed E-state index contributed by atoms with van der Waals surface area (Å²) in [6, 6.07) is 6.40. The van der Waals surface area contributed by atoms with Gasteiger partial charge in [-0.05, 0) is 25.1 Å². The van der Waals surface area contributed by atoms with Crippen molar-refractivity contribution in [1.29, 1.82) is 0 Å². The summed E-state index contributed by atoms with van der Waals surface area (Å²) < 4.78 is 31.4. The molecule has 2 aromatic rings. The largest absolute Gasteiger partial charge is 0.492 e. The average molecular weight is 438 g/mol. The lowest BCUT2D eigenvalue weighted by molar-refractivity contribution is -0.394. The Morgan fingerprint density at radius 3 is 2.10 bits per heavy atom. The SMILES string of the molecule is CCOc1ccc(NC(=O)c2cc([N+](=O)[O-])cc([N+](=O)[O-])c2)cc1S(=O)(=O)N(C)C. The molecule has 0 aliphatic rings. The summed E-state index contributed by atoms with van der Waals surface area (Å²) >= 11 is 0. The molecule has 30 heavy (non-hydrogen) atoms. The molecule has 160 valence electrons. The smallest absolute Gasteiger partial charge is 0.277 e. The minimum absolute atomic E-state index is 0.0537.